The zero-order valence-electron chi connectivity index (χ0n) is 39.9. The van der Waals surface area contributed by atoms with Crippen molar-refractivity contribution in [1.29, 1.82) is 0 Å². The number of hydrogen-bond acceptors (Lipinski definition) is 1. The highest BCUT2D eigenvalue weighted by molar-refractivity contribution is 5.90. The van der Waals surface area contributed by atoms with Crippen molar-refractivity contribution >= 4 is 17.1 Å². The number of fused-ring (bicyclic) bond motifs is 6. The third kappa shape index (κ3) is 6.99. The van der Waals surface area contributed by atoms with Gasteiger partial charge in [0.2, 0.25) is 0 Å². The molecule has 0 heterocycles. The maximum Gasteiger partial charge on any atom is 0.0713 e. The lowest BCUT2D eigenvalue weighted by Gasteiger charge is -2.34. The van der Waals surface area contributed by atoms with Gasteiger partial charge in [-0.05, 0) is 149 Å². The van der Waals surface area contributed by atoms with Gasteiger partial charge in [0, 0.05) is 22.5 Å². The molecule has 0 saturated heterocycles. The van der Waals surface area contributed by atoms with Crippen molar-refractivity contribution in [2.24, 2.45) is 0 Å². The molecule has 2 aliphatic carbocycles. The van der Waals surface area contributed by atoms with Gasteiger partial charge in [0.25, 0.3) is 0 Å². The Morgan fingerprint density at radius 1 is 0.239 bits per heavy atom. The molecule has 0 atom stereocenters. The Balaban J connectivity index is 0.877. The molecule has 11 aromatic rings. The fraction of sp³-hybridized carbons (Fsp3) is 0.0571. The quantitative estimate of drug-likeness (QED) is 0.139. The van der Waals surface area contributed by atoms with Crippen LogP contribution in [0.5, 0.6) is 0 Å². The number of benzene rings is 11. The van der Waals surface area contributed by atoms with Crippen LogP contribution in [0.3, 0.4) is 0 Å². The molecule has 0 radical (unpaired) electrons. The van der Waals surface area contributed by atoms with Crippen molar-refractivity contribution in [1.82, 2.24) is 0 Å². The van der Waals surface area contributed by atoms with E-state index >= 15 is 0 Å². The first kappa shape index (κ1) is 42.3. The van der Waals surface area contributed by atoms with E-state index in [4.69, 9.17) is 0 Å². The first-order valence-electron chi connectivity index (χ1n) is 24.8. The predicted molar refractivity (Wildman–Crippen MR) is 298 cm³/mol. The maximum atomic E-state index is 2.45. The minimum absolute atomic E-state index is 0.0569. The monoisotopic (exact) mass is 905 g/mol. The zero-order chi connectivity index (χ0) is 47.5. The molecule has 13 rings (SSSR count). The van der Waals surface area contributed by atoms with Crippen LogP contribution in [0.15, 0.2) is 273 Å². The lowest BCUT2D eigenvalue weighted by atomic mass is 9.67. The smallest absolute Gasteiger partial charge is 0.0713 e. The fourth-order valence-electron chi connectivity index (χ4n) is 11.8. The number of anilines is 3. The van der Waals surface area contributed by atoms with E-state index in [0.717, 1.165) is 17.1 Å². The van der Waals surface area contributed by atoms with Gasteiger partial charge in [0.1, 0.15) is 0 Å². The third-order valence-electron chi connectivity index (χ3n) is 15.4. The number of hydrogen-bond donors (Lipinski definition) is 0. The SMILES string of the molecule is CC1(C)c2ccccc2-c2ccc(-c3ccc(N(c4ccc(-c5ccc(-c6ccccc6)cc5)cc4)c4ccc(-c5ccc6c(c5)C(c5ccccc5)(c5ccccc5)c5ccccc5-6)cc4)cc3)cc21. The Hall–Kier alpha value is -8.78. The molecule has 0 N–H and O–H groups in total. The molecule has 0 saturated carbocycles. The van der Waals surface area contributed by atoms with Crippen LogP contribution >= 0.6 is 0 Å². The molecule has 0 spiro atoms. The normalized spacial score (nSPS) is 13.4. The van der Waals surface area contributed by atoms with Gasteiger partial charge in [-0.15, -0.1) is 0 Å². The van der Waals surface area contributed by atoms with Crippen LogP contribution in [0.25, 0.3) is 66.8 Å². The molecule has 11 aromatic carbocycles. The van der Waals surface area contributed by atoms with Crippen molar-refractivity contribution in [3.8, 4) is 66.8 Å². The van der Waals surface area contributed by atoms with E-state index in [-0.39, 0.29) is 5.41 Å². The van der Waals surface area contributed by atoms with E-state index < -0.39 is 5.41 Å². The van der Waals surface area contributed by atoms with Gasteiger partial charge >= 0.3 is 0 Å². The summed E-state index contributed by atoms with van der Waals surface area (Å²) >= 11 is 0. The molecule has 2 aliphatic rings. The Bertz CT molecular complexity index is 3680. The Morgan fingerprint density at radius 2 is 0.549 bits per heavy atom. The van der Waals surface area contributed by atoms with Gasteiger partial charge in [-0.2, -0.15) is 0 Å². The Kier molecular flexibility index (Phi) is 10.1. The van der Waals surface area contributed by atoms with Gasteiger partial charge in [-0.3, -0.25) is 0 Å². The predicted octanol–water partition coefficient (Wildman–Crippen LogP) is 18.5. The number of nitrogens with zero attached hydrogens (tertiary/aromatic N) is 1. The summed E-state index contributed by atoms with van der Waals surface area (Å²) < 4.78 is 0. The van der Waals surface area contributed by atoms with Gasteiger partial charge in [-0.1, -0.05) is 238 Å². The molecule has 0 fully saturated rings. The average molecular weight is 906 g/mol. The fourth-order valence-corrected chi connectivity index (χ4v) is 11.8. The lowest BCUT2D eigenvalue weighted by molar-refractivity contribution is 0.660. The zero-order valence-corrected chi connectivity index (χ0v) is 39.9. The van der Waals surface area contributed by atoms with Crippen molar-refractivity contribution < 1.29 is 0 Å². The van der Waals surface area contributed by atoms with Crippen molar-refractivity contribution in [3.63, 3.8) is 0 Å². The summed E-state index contributed by atoms with van der Waals surface area (Å²) in [5, 5.41) is 0. The van der Waals surface area contributed by atoms with Crippen LogP contribution in [0.2, 0.25) is 0 Å². The van der Waals surface area contributed by atoms with Crippen molar-refractivity contribution in [3.05, 3.63) is 306 Å². The van der Waals surface area contributed by atoms with E-state index in [1.165, 1.54) is 100 Å². The van der Waals surface area contributed by atoms with Crippen LogP contribution in [0.1, 0.15) is 47.2 Å². The first-order valence-corrected chi connectivity index (χ1v) is 24.8. The van der Waals surface area contributed by atoms with Crippen molar-refractivity contribution in [2.75, 3.05) is 4.90 Å². The topological polar surface area (TPSA) is 3.24 Å². The highest BCUT2D eigenvalue weighted by Gasteiger charge is 2.46. The molecule has 1 heteroatoms. The second-order valence-electron chi connectivity index (χ2n) is 19.6. The molecule has 0 bridgehead atoms. The summed E-state index contributed by atoms with van der Waals surface area (Å²) in [5.74, 6) is 0. The molecule has 0 aliphatic heterocycles. The highest BCUT2D eigenvalue weighted by atomic mass is 15.1. The second-order valence-corrected chi connectivity index (χ2v) is 19.6. The summed E-state index contributed by atoms with van der Waals surface area (Å²) in [6, 6.07) is 101. The summed E-state index contributed by atoms with van der Waals surface area (Å²) in [4.78, 5) is 2.38. The van der Waals surface area contributed by atoms with Crippen molar-refractivity contribution in [2.45, 2.75) is 24.7 Å². The van der Waals surface area contributed by atoms with E-state index in [1.54, 1.807) is 0 Å². The molecular formula is C70H51N. The van der Waals surface area contributed by atoms with Crippen LogP contribution < -0.4 is 4.90 Å². The van der Waals surface area contributed by atoms with E-state index in [2.05, 4.69) is 292 Å². The third-order valence-corrected chi connectivity index (χ3v) is 15.4. The minimum Gasteiger partial charge on any atom is -0.311 e. The van der Waals surface area contributed by atoms with Gasteiger partial charge in [0.05, 0.1) is 5.41 Å². The molecular weight excluding hydrogens is 855 g/mol. The summed E-state index contributed by atoms with van der Waals surface area (Å²) in [5.41, 5.74) is 25.6. The van der Waals surface area contributed by atoms with Gasteiger partial charge < -0.3 is 4.90 Å². The molecule has 71 heavy (non-hydrogen) atoms. The van der Waals surface area contributed by atoms with Gasteiger partial charge in [-0.25, -0.2) is 0 Å². The van der Waals surface area contributed by atoms with Crippen LogP contribution in [0.4, 0.5) is 17.1 Å². The molecule has 336 valence electrons. The molecule has 1 nitrogen and oxygen atoms in total. The lowest BCUT2D eigenvalue weighted by Crippen LogP contribution is -2.28. The minimum atomic E-state index is -0.454. The maximum absolute atomic E-state index is 2.45. The number of rotatable bonds is 9. The van der Waals surface area contributed by atoms with E-state index in [0.29, 0.717) is 0 Å². The Labute approximate surface area is 417 Å². The second kappa shape index (κ2) is 17.0. The summed E-state index contributed by atoms with van der Waals surface area (Å²) in [7, 11) is 0. The van der Waals surface area contributed by atoms with Gasteiger partial charge in [0.15, 0.2) is 0 Å². The first-order chi connectivity index (χ1) is 34.9. The average Bonchev–Trinajstić information content (AvgIpc) is 3.87. The molecule has 0 aromatic heterocycles. The van der Waals surface area contributed by atoms with Crippen LogP contribution in [-0.2, 0) is 10.8 Å². The largest absolute Gasteiger partial charge is 0.311 e. The van der Waals surface area contributed by atoms with E-state index in [9.17, 15) is 0 Å². The highest BCUT2D eigenvalue weighted by Crippen LogP contribution is 2.57. The van der Waals surface area contributed by atoms with Crippen LogP contribution in [0, 0.1) is 0 Å². The summed E-state index contributed by atoms with van der Waals surface area (Å²) in [6.45, 7) is 4.70. The standard InChI is InChI=1S/C70H51N/c1-69(2)65-24-14-12-22-61(65)63-44-36-54(46-67(63)69)52-32-40-59(41-33-52)71(58-38-30-51(31-39-58)50-28-26-49(27-29-50)48-16-6-3-7-17-48)60-42-34-53(35-43-60)55-37-45-64-62-23-13-15-25-66(62)70(68(64)47-55,56-18-8-4-9-19-56)57-20-10-5-11-21-57/h3-47H,1-2H3. The molecule has 0 unspecified atom stereocenters. The Morgan fingerprint density at radius 3 is 1.03 bits per heavy atom. The molecule has 0 amide bonds. The summed E-state index contributed by atoms with van der Waals surface area (Å²) in [6.07, 6.45) is 0. The van der Waals surface area contributed by atoms with E-state index in [1.807, 2.05) is 0 Å². The van der Waals surface area contributed by atoms with Crippen LogP contribution in [-0.4, -0.2) is 0 Å².